The molecule has 232 valence electrons. The van der Waals surface area contributed by atoms with Crippen LogP contribution in [-0.4, -0.2) is 47.9 Å². The van der Waals surface area contributed by atoms with Crippen molar-refractivity contribution in [1.29, 1.82) is 0 Å². The monoisotopic (exact) mass is 603 g/mol. The van der Waals surface area contributed by atoms with E-state index in [1.807, 2.05) is 48.5 Å². The Balaban J connectivity index is 0.000000397. The number of benzene rings is 5. The molecule has 1 aliphatic carbocycles. The van der Waals surface area contributed by atoms with E-state index in [0.717, 1.165) is 64.5 Å². The van der Waals surface area contributed by atoms with Crippen molar-refractivity contribution in [2.45, 2.75) is 71.1 Å². The Morgan fingerprint density at radius 1 is 0.511 bits per heavy atom. The van der Waals surface area contributed by atoms with Gasteiger partial charge in [0.1, 0.15) is 0 Å². The maximum absolute atomic E-state index is 13.5. The van der Waals surface area contributed by atoms with E-state index in [-0.39, 0.29) is 29.8 Å². The molecule has 1 aliphatic heterocycles. The SMILES string of the molecule is CCCCCCCN.NCCCCCCN1C(=O)c2ccc3c4ccc5c6c(ccc(c7ccc(c2c37)C1=O)c64)C(=O)CC5=O. The molecular weight excluding hydrogens is 562 g/mol. The molecule has 7 nitrogen and oxygen atoms in total. The Labute approximate surface area is 263 Å². The van der Waals surface area contributed by atoms with Gasteiger partial charge in [0.2, 0.25) is 0 Å². The molecule has 0 spiro atoms. The van der Waals surface area contributed by atoms with Gasteiger partial charge in [0.15, 0.2) is 11.6 Å². The molecule has 45 heavy (non-hydrogen) atoms. The van der Waals surface area contributed by atoms with Gasteiger partial charge < -0.3 is 11.5 Å². The summed E-state index contributed by atoms with van der Waals surface area (Å²) in [5, 5.41) is 6.82. The van der Waals surface area contributed by atoms with Gasteiger partial charge in [-0.25, -0.2) is 0 Å². The third-order valence-corrected chi connectivity index (χ3v) is 9.42. The van der Waals surface area contributed by atoms with E-state index in [1.54, 1.807) is 0 Å². The molecule has 5 aromatic rings. The van der Waals surface area contributed by atoms with Crippen LogP contribution in [0.2, 0.25) is 0 Å². The number of rotatable bonds is 11. The standard InChI is InChI=1S/C31H24N2O4.C7H17N/c32-13-3-1-2-4-14-33-30(36)22-11-7-18-16-5-9-20-24(34)15-25(35)21-10-6-17(26(16)28(20)21)19-8-12-23(31(33)37)29(22)27(18)19;1-2-3-4-5-6-7-8/h5-12H,1-4,13-15,32H2;2-8H2,1H3. The van der Waals surface area contributed by atoms with Crippen LogP contribution in [0.15, 0.2) is 48.5 Å². The zero-order valence-corrected chi connectivity index (χ0v) is 26.0. The fourth-order valence-corrected chi connectivity index (χ4v) is 7.15. The third kappa shape index (κ3) is 5.28. The van der Waals surface area contributed by atoms with E-state index in [4.69, 9.17) is 11.5 Å². The molecule has 2 amide bonds. The van der Waals surface area contributed by atoms with Gasteiger partial charge in [-0.1, -0.05) is 81.8 Å². The second kappa shape index (κ2) is 13.0. The average molecular weight is 604 g/mol. The van der Waals surface area contributed by atoms with E-state index >= 15 is 0 Å². The van der Waals surface area contributed by atoms with Crippen LogP contribution in [-0.2, 0) is 0 Å². The van der Waals surface area contributed by atoms with Crippen LogP contribution in [0.5, 0.6) is 0 Å². The molecule has 0 saturated carbocycles. The number of carbonyl (C=O) groups excluding carboxylic acids is 4. The molecule has 7 heteroatoms. The number of amides is 2. The van der Waals surface area contributed by atoms with Crippen LogP contribution < -0.4 is 11.5 Å². The number of nitrogens with zero attached hydrogens (tertiary/aromatic N) is 1. The number of fused-ring (bicyclic) bond motifs is 2. The molecule has 0 saturated heterocycles. The lowest BCUT2D eigenvalue weighted by Gasteiger charge is -2.29. The molecule has 0 radical (unpaired) electrons. The van der Waals surface area contributed by atoms with Crippen molar-refractivity contribution >= 4 is 66.5 Å². The Hall–Kier alpha value is -4.20. The highest BCUT2D eigenvalue weighted by Crippen LogP contribution is 2.46. The van der Waals surface area contributed by atoms with Crippen LogP contribution >= 0.6 is 0 Å². The number of imide groups is 1. The molecule has 0 atom stereocenters. The third-order valence-electron chi connectivity index (χ3n) is 9.42. The largest absolute Gasteiger partial charge is 0.330 e. The minimum absolute atomic E-state index is 0.104. The van der Waals surface area contributed by atoms with E-state index in [2.05, 4.69) is 6.92 Å². The molecule has 4 N–H and O–H groups in total. The Kier molecular flexibility index (Phi) is 8.92. The predicted octanol–water partition coefficient (Wildman–Crippen LogP) is 7.54. The van der Waals surface area contributed by atoms with Crippen LogP contribution in [0, 0.1) is 0 Å². The summed E-state index contributed by atoms with van der Waals surface area (Å²) in [6.45, 7) is 4.13. The number of carbonyl (C=O) groups is 4. The molecule has 1 heterocycles. The predicted molar refractivity (Wildman–Crippen MR) is 182 cm³/mol. The summed E-state index contributed by atoms with van der Waals surface area (Å²) in [7, 11) is 0. The van der Waals surface area contributed by atoms with Crippen molar-refractivity contribution in [1.82, 2.24) is 4.90 Å². The van der Waals surface area contributed by atoms with Gasteiger partial charge in [-0.3, -0.25) is 24.1 Å². The van der Waals surface area contributed by atoms with Crippen LogP contribution in [0.1, 0.15) is 113 Å². The van der Waals surface area contributed by atoms with Crippen LogP contribution in [0.4, 0.5) is 0 Å². The lowest BCUT2D eigenvalue weighted by Crippen LogP contribution is -2.40. The Morgan fingerprint density at radius 2 is 0.911 bits per heavy atom. The van der Waals surface area contributed by atoms with E-state index in [1.165, 1.54) is 37.0 Å². The van der Waals surface area contributed by atoms with Gasteiger partial charge in [-0.2, -0.15) is 0 Å². The van der Waals surface area contributed by atoms with Crippen molar-refractivity contribution in [3.8, 4) is 0 Å². The first-order valence-electron chi connectivity index (χ1n) is 16.5. The lowest BCUT2D eigenvalue weighted by molar-refractivity contribution is 0.0607. The molecule has 0 unspecified atom stereocenters. The van der Waals surface area contributed by atoms with Crippen molar-refractivity contribution in [2.24, 2.45) is 11.5 Å². The smallest absolute Gasteiger partial charge is 0.261 e. The number of unbranched alkanes of at least 4 members (excludes halogenated alkanes) is 7. The van der Waals surface area contributed by atoms with Gasteiger partial charge in [-0.15, -0.1) is 0 Å². The number of hydrogen-bond donors (Lipinski definition) is 2. The fraction of sp³-hybridized carbons (Fsp3) is 0.368. The quantitative estimate of drug-likeness (QED) is 0.0529. The van der Waals surface area contributed by atoms with Gasteiger partial charge >= 0.3 is 0 Å². The highest BCUT2D eigenvalue weighted by Gasteiger charge is 2.34. The van der Waals surface area contributed by atoms with Crippen molar-refractivity contribution in [3.05, 3.63) is 70.8 Å². The van der Waals surface area contributed by atoms with Crippen LogP contribution in [0.25, 0.3) is 43.1 Å². The second-order valence-corrected chi connectivity index (χ2v) is 12.3. The zero-order chi connectivity index (χ0) is 31.7. The topological polar surface area (TPSA) is 124 Å². The van der Waals surface area contributed by atoms with Crippen molar-refractivity contribution in [3.63, 3.8) is 0 Å². The van der Waals surface area contributed by atoms with Crippen molar-refractivity contribution in [2.75, 3.05) is 19.6 Å². The summed E-state index contributed by atoms with van der Waals surface area (Å²) >= 11 is 0. The van der Waals surface area contributed by atoms with Gasteiger partial charge in [0, 0.05) is 39.6 Å². The fourth-order valence-electron chi connectivity index (χ4n) is 7.15. The first-order valence-corrected chi connectivity index (χ1v) is 16.5. The number of nitrogens with two attached hydrogens (primary N) is 2. The lowest BCUT2D eigenvalue weighted by atomic mass is 9.80. The Morgan fingerprint density at radius 3 is 1.36 bits per heavy atom. The molecular formula is C38H41N3O4. The summed E-state index contributed by atoms with van der Waals surface area (Å²) in [4.78, 5) is 53.8. The summed E-state index contributed by atoms with van der Waals surface area (Å²) in [6.07, 6.45) is 10.1. The second-order valence-electron chi connectivity index (χ2n) is 12.3. The summed E-state index contributed by atoms with van der Waals surface area (Å²) in [6, 6.07) is 15.0. The molecule has 0 fully saturated rings. The van der Waals surface area contributed by atoms with Gasteiger partial charge in [-0.05, 0) is 76.8 Å². The number of Topliss-reactive ketones (excluding diaryl/α,β-unsaturated/α-hetero) is 2. The van der Waals surface area contributed by atoms with Gasteiger partial charge in [0.25, 0.3) is 11.8 Å². The minimum Gasteiger partial charge on any atom is -0.330 e. The normalized spacial score (nSPS) is 14.3. The summed E-state index contributed by atoms with van der Waals surface area (Å²) < 4.78 is 0. The number of hydrogen-bond acceptors (Lipinski definition) is 6. The molecule has 0 bridgehead atoms. The maximum atomic E-state index is 13.5. The average Bonchev–Trinajstić information content (AvgIpc) is 3.05. The minimum atomic E-state index is -0.257. The van der Waals surface area contributed by atoms with E-state index in [9.17, 15) is 19.2 Å². The van der Waals surface area contributed by atoms with Gasteiger partial charge in [0.05, 0.1) is 6.42 Å². The van der Waals surface area contributed by atoms with E-state index in [0.29, 0.717) is 46.1 Å². The van der Waals surface area contributed by atoms with Crippen molar-refractivity contribution < 1.29 is 19.2 Å². The first-order chi connectivity index (χ1) is 21.9. The Bertz CT molecular complexity index is 1840. The van der Waals surface area contributed by atoms with Crippen LogP contribution in [0.3, 0.4) is 0 Å². The maximum Gasteiger partial charge on any atom is 0.261 e. The number of ketones is 2. The highest BCUT2D eigenvalue weighted by atomic mass is 16.2. The zero-order valence-electron chi connectivity index (χ0n) is 26.0. The molecule has 2 aliphatic rings. The van der Waals surface area contributed by atoms with E-state index < -0.39 is 0 Å². The summed E-state index contributed by atoms with van der Waals surface area (Å²) in [5.41, 5.74) is 13.1. The summed E-state index contributed by atoms with van der Waals surface area (Å²) in [5.74, 6) is -0.826. The highest BCUT2D eigenvalue weighted by molar-refractivity contribution is 6.41. The molecule has 0 aromatic heterocycles. The molecule has 5 aromatic carbocycles. The first kappa shape index (κ1) is 30.8. The molecule has 7 rings (SSSR count).